The number of benzene rings is 1. The molecule has 3 aliphatic rings. The number of hydrogen-bond acceptors (Lipinski definition) is 2. The Balaban J connectivity index is 1.26. The van der Waals surface area contributed by atoms with Gasteiger partial charge in [-0.15, -0.1) is 0 Å². The lowest BCUT2D eigenvalue weighted by Crippen LogP contribution is -2.67. The third kappa shape index (κ3) is 3.02. The van der Waals surface area contributed by atoms with E-state index in [2.05, 4.69) is 48.6 Å². The molecule has 1 aliphatic heterocycles. The third-order valence-corrected chi connectivity index (χ3v) is 6.13. The first kappa shape index (κ1) is 15.9. The van der Waals surface area contributed by atoms with Crippen molar-refractivity contribution in [1.29, 1.82) is 0 Å². The molecule has 24 heavy (non-hydrogen) atoms. The quantitative estimate of drug-likeness (QED) is 0.899. The van der Waals surface area contributed by atoms with E-state index >= 15 is 0 Å². The first-order valence-electron chi connectivity index (χ1n) is 9.36. The fraction of sp³-hybridized carbons (Fsp3) is 0.571. The van der Waals surface area contributed by atoms with Gasteiger partial charge in [-0.2, -0.15) is 0 Å². The summed E-state index contributed by atoms with van der Waals surface area (Å²) in [6.07, 6.45) is 7.31. The van der Waals surface area contributed by atoms with Crippen LogP contribution in [0.15, 0.2) is 35.9 Å². The van der Waals surface area contributed by atoms with Gasteiger partial charge in [-0.1, -0.05) is 48.9 Å². The topological polar surface area (TPSA) is 32.3 Å². The average molecular weight is 324 g/mol. The minimum atomic E-state index is 0.234. The Morgan fingerprint density at radius 1 is 1.29 bits per heavy atom. The van der Waals surface area contributed by atoms with Crippen molar-refractivity contribution < 1.29 is 4.79 Å². The van der Waals surface area contributed by atoms with E-state index in [1.165, 1.54) is 24.8 Å². The number of hydrogen-bond donors (Lipinski definition) is 1. The van der Waals surface area contributed by atoms with Gasteiger partial charge in [-0.25, -0.2) is 0 Å². The summed E-state index contributed by atoms with van der Waals surface area (Å²) in [6, 6.07) is 12.0. The van der Waals surface area contributed by atoms with Crippen LogP contribution in [0.5, 0.6) is 0 Å². The number of nitrogens with one attached hydrogen (secondary N) is 1. The molecule has 4 rings (SSSR count). The molecule has 3 fully saturated rings. The largest absolute Gasteiger partial charge is 0.342 e. The van der Waals surface area contributed by atoms with E-state index in [4.69, 9.17) is 0 Å². The Kier molecular flexibility index (Phi) is 4.00. The van der Waals surface area contributed by atoms with E-state index in [0.29, 0.717) is 17.5 Å². The summed E-state index contributed by atoms with van der Waals surface area (Å²) in [6.45, 7) is 5.93. The highest BCUT2D eigenvalue weighted by molar-refractivity contribution is 5.74. The van der Waals surface area contributed by atoms with Gasteiger partial charge in [0.1, 0.15) is 0 Å². The number of likely N-dealkylation sites (tertiary alicyclic amines) is 1. The second kappa shape index (κ2) is 6.03. The SMILES string of the molecule is CC/C(=C\c1ccccc1)[C@@H]1C[C@H]1NC1CC2(C1)CN(C(C)=O)C2. The van der Waals surface area contributed by atoms with Crippen molar-refractivity contribution in [3.05, 3.63) is 41.5 Å². The summed E-state index contributed by atoms with van der Waals surface area (Å²) in [7, 11) is 0. The molecule has 3 nitrogen and oxygen atoms in total. The van der Waals surface area contributed by atoms with E-state index in [-0.39, 0.29) is 5.91 Å². The van der Waals surface area contributed by atoms with Crippen molar-refractivity contribution in [3.63, 3.8) is 0 Å². The predicted molar refractivity (Wildman–Crippen MR) is 97.4 cm³/mol. The van der Waals surface area contributed by atoms with Crippen LogP contribution in [0, 0.1) is 11.3 Å². The molecule has 2 saturated carbocycles. The molecule has 1 heterocycles. The van der Waals surface area contributed by atoms with Crippen molar-refractivity contribution >= 4 is 12.0 Å². The van der Waals surface area contributed by atoms with E-state index in [0.717, 1.165) is 25.4 Å². The fourth-order valence-corrected chi connectivity index (χ4v) is 4.67. The van der Waals surface area contributed by atoms with Gasteiger partial charge in [0.05, 0.1) is 0 Å². The van der Waals surface area contributed by atoms with Crippen LogP contribution in [0.3, 0.4) is 0 Å². The van der Waals surface area contributed by atoms with Gasteiger partial charge in [-0.05, 0) is 37.2 Å². The Labute approximate surface area is 145 Å². The van der Waals surface area contributed by atoms with Gasteiger partial charge in [0.15, 0.2) is 0 Å². The highest BCUT2D eigenvalue weighted by Gasteiger charge is 2.54. The lowest BCUT2D eigenvalue weighted by Gasteiger charge is -2.59. The number of carbonyl (C=O) groups is 1. The van der Waals surface area contributed by atoms with Crippen molar-refractivity contribution in [2.24, 2.45) is 11.3 Å². The zero-order valence-electron chi connectivity index (χ0n) is 14.8. The third-order valence-electron chi connectivity index (χ3n) is 6.13. The summed E-state index contributed by atoms with van der Waals surface area (Å²) >= 11 is 0. The summed E-state index contributed by atoms with van der Waals surface area (Å²) in [5.41, 5.74) is 3.36. The standard InChI is InChI=1S/C21H28N2O/c1-3-17(9-16-7-5-4-6-8-16)19-10-20(19)22-18-11-21(12-18)13-23(14-21)15(2)24/h4-9,18-20,22H,3,10-14H2,1-2H3/b17-9+/t19-,20+/m0/s1. The van der Waals surface area contributed by atoms with Gasteiger partial charge in [0.25, 0.3) is 0 Å². The zero-order chi connectivity index (χ0) is 16.7. The first-order valence-corrected chi connectivity index (χ1v) is 9.36. The highest BCUT2D eigenvalue weighted by Crippen LogP contribution is 2.50. The highest BCUT2D eigenvalue weighted by atomic mass is 16.2. The molecule has 128 valence electrons. The Morgan fingerprint density at radius 3 is 2.62 bits per heavy atom. The van der Waals surface area contributed by atoms with Crippen molar-refractivity contribution in [2.75, 3.05) is 13.1 Å². The molecule has 0 bridgehead atoms. The summed E-state index contributed by atoms with van der Waals surface area (Å²) in [5.74, 6) is 0.958. The molecule has 1 aromatic rings. The van der Waals surface area contributed by atoms with Crippen molar-refractivity contribution in [3.8, 4) is 0 Å². The van der Waals surface area contributed by atoms with Crippen molar-refractivity contribution in [1.82, 2.24) is 10.2 Å². The smallest absolute Gasteiger partial charge is 0.219 e. The summed E-state index contributed by atoms with van der Waals surface area (Å²) in [4.78, 5) is 13.3. The lowest BCUT2D eigenvalue weighted by molar-refractivity contribution is -0.149. The van der Waals surface area contributed by atoms with E-state index in [1.54, 1.807) is 12.5 Å². The number of amides is 1. The van der Waals surface area contributed by atoms with Gasteiger partial charge < -0.3 is 10.2 Å². The molecule has 2 aliphatic carbocycles. The number of nitrogens with zero attached hydrogens (tertiary/aromatic N) is 1. The number of carbonyl (C=O) groups excluding carboxylic acids is 1. The van der Waals surface area contributed by atoms with Crippen LogP contribution in [0.25, 0.3) is 6.08 Å². The second-order valence-electron chi connectivity index (χ2n) is 8.08. The maximum absolute atomic E-state index is 11.3. The molecule has 0 unspecified atom stereocenters. The summed E-state index contributed by atoms with van der Waals surface area (Å²) < 4.78 is 0. The van der Waals surface area contributed by atoms with Crippen LogP contribution in [0.4, 0.5) is 0 Å². The number of rotatable bonds is 5. The van der Waals surface area contributed by atoms with Crippen LogP contribution in [0.2, 0.25) is 0 Å². The maximum Gasteiger partial charge on any atom is 0.219 e. The Hall–Kier alpha value is -1.61. The predicted octanol–water partition coefficient (Wildman–Crippen LogP) is 3.47. The van der Waals surface area contributed by atoms with Gasteiger partial charge in [-0.3, -0.25) is 4.79 Å². The minimum absolute atomic E-state index is 0.234. The molecule has 0 radical (unpaired) electrons. The monoisotopic (exact) mass is 324 g/mol. The van der Waals surface area contributed by atoms with Crippen molar-refractivity contribution in [2.45, 2.75) is 51.6 Å². The van der Waals surface area contributed by atoms with Crippen LogP contribution in [-0.2, 0) is 4.79 Å². The van der Waals surface area contributed by atoms with E-state index in [9.17, 15) is 4.79 Å². The Morgan fingerprint density at radius 2 is 2.00 bits per heavy atom. The second-order valence-corrected chi connectivity index (χ2v) is 8.08. The Bertz CT molecular complexity index is 637. The molecule has 1 amide bonds. The average Bonchev–Trinajstić information content (AvgIpc) is 3.25. The fourth-order valence-electron chi connectivity index (χ4n) is 4.67. The molecule has 1 saturated heterocycles. The molecule has 1 N–H and O–H groups in total. The normalized spacial score (nSPS) is 28.4. The lowest BCUT2D eigenvalue weighted by atomic mass is 9.60. The van der Waals surface area contributed by atoms with Crippen LogP contribution in [0.1, 0.15) is 45.1 Å². The van der Waals surface area contributed by atoms with E-state index < -0.39 is 0 Å². The molecule has 2 atom stereocenters. The first-order chi connectivity index (χ1) is 11.6. The van der Waals surface area contributed by atoms with Gasteiger partial charge >= 0.3 is 0 Å². The summed E-state index contributed by atoms with van der Waals surface area (Å²) in [5, 5.41) is 3.86. The molecule has 1 aromatic carbocycles. The van der Waals surface area contributed by atoms with Gasteiger partial charge in [0, 0.05) is 37.5 Å². The van der Waals surface area contributed by atoms with Gasteiger partial charge in [0.2, 0.25) is 5.91 Å². The molecule has 0 aromatic heterocycles. The molecular formula is C21H28N2O. The van der Waals surface area contributed by atoms with E-state index in [1.807, 2.05) is 4.90 Å². The van der Waals surface area contributed by atoms with Crippen LogP contribution >= 0.6 is 0 Å². The molecular weight excluding hydrogens is 296 g/mol. The minimum Gasteiger partial charge on any atom is -0.342 e. The maximum atomic E-state index is 11.3. The molecule has 3 heteroatoms. The molecule has 1 spiro atoms. The van der Waals surface area contributed by atoms with Crippen LogP contribution in [-0.4, -0.2) is 36.0 Å². The zero-order valence-corrected chi connectivity index (χ0v) is 14.8. The van der Waals surface area contributed by atoms with Crippen LogP contribution < -0.4 is 5.32 Å².